The van der Waals surface area contributed by atoms with E-state index in [1.54, 1.807) is 23.5 Å². The summed E-state index contributed by atoms with van der Waals surface area (Å²) < 4.78 is 12.9. The molecule has 0 bridgehead atoms. The standard InChI is InChI=1S/C12H13FN2S/c1-8-7-16-12(15-8)5-3-9-2-4-10(13)11(14)6-9/h2,4,6-7H,3,5,14H2,1H3. The van der Waals surface area contributed by atoms with Gasteiger partial charge < -0.3 is 5.73 Å². The molecule has 2 nitrogen and oxygen atoms in total. The van der Waals surface area contributed by atoms with Crippen LogP contribution in [0, 0.1) is 12.7 Å². The van der Waals surface area contributed by atoms with Crippen LogP contribution in [0.15, 0.2) is 23.6 Å². The second-order valence-corrected chi connectivity index (χ2v) is 4.68. The van der Waals surface area contributed by atoms with Gasteiger partial charge in [0, 0.05) is 17.5 Å². The Morgan fingerprint density at radius 2 is 2.19 bits per heavy atom. The van der Waals surface area contributed by atoms with Crippen LogP contribution in [0.25, 0.3) is 0 Å². The summed E-state index contributed by atoms with van der Waals surface area (Å²) >= 11 is 1.66. The first kappa shape index (κ1) is 11.1. The van der Waals surface area contributed by atoms with E-state index >= 15 is 0 Å². The molecular weight excluding hydrogens is 223 g/mol. The number of aryl methyl sites for hydroxylation is 3. The molecule has 0 amide bonds. The van der Waals surface area contributed by atoms with Crippen LogP contribution >= 0.6 is 11.3 Å². The van der Waals surface area contributed by atoms with E-state index in [0.29, 0.717) is 0 Å². The lowest BCUT2D eigenvalue weighted by Crippen LogP contribution is -1.95. The number of nitrogens with two attached hydrogens (primary N) is 1. The lowest BCUT2D eigenvalue weighted by molar-refractivity contribution is 0.631. The zero-order chi connectivity index (χ0) is 11.5. The first-order valence-corrected chi connectivity index (χ1v) is 5.98. The smallest absolute Gasteiger partial charge is 0.146 e. The largest absolute Gasteiger partial charge is 0.396 e. The van der Waals surface area contributed by atoms with E-state index in [9.17, 15) is 4.39 Å². The van der Waals surface area contributed by atoms with Crippen LogP contribution < -0.4 is 5.73 Å². The molecule has 84 valence electrons. The third-order valence-corrected chi connectivity index (χ3v) is 3.38. The molecule has 1 aromatic carbocycles. The first-order valence-electron chi connectivity index (χ1n) is 5.10. The van der Waals surface area contributed by atoms with Crippen LogP contribution in [-0.2, 0) is 12.8 Å². The van der Waals surface area contributed by atoms with E-state index in [1.165, 1.54) is 6.07 Å². The Kier molecular flexibility index (Phi) is 3.19. The zero-order valence-corrected chi connectivity index (χ0v) is 9.85. The monoisotopic (exact) mass is 236 g/mol. The molecular formula is C12H13FN2S. The second-order valence-electron chi connectivity index (χ2n) is 3.74. The summed E-state index contributed by atoms with van der Waals surface area (Å²) in [7, 11) is 0. The minimum atomic E-state index is -0.353. The molecule has 1 heterocycles. The van der Waals surface area contributed by atoms with Gasteiger partial charge in [-0.3, -0.25) is 0 Å². The van der Waals surface area contributed by atoms with Gasteiger partial charge in [-0.2, -0.15) is 0 Å². The average Bonchev–Trinajstić information content (AvgIpc) is 2.66. The normalized spacial score (nSPS) is 10.6. The van der Waals surface area contributed by atoms with Crippen molar-refractivity contribution in [1.82, 2.24) is 4.98 Å². The molecule has 0 saturated carbocycles. The van der Waals surface area contributed by atoms with Gasteiger partial charge in [0.1, 0.15) is 5.82 Å². The maximum atomic E-state index is 12.9. The van der Waals surface area contributed by atoms with Gasteiger partial charge in [0.2, 0.25) is 0 Å². The Bertz CT molecular complexity index is 494. The highest BCUT2D eigenvalue weighted by molar-refractivity contribution is 7.09. The fraction of sp³-hybridized carbons (Fsp3) is 0.250. The molecule has 2 N–H and O–H groups in total. The minimum Gasteiger partial charge on any atom is -0.396 e. The van der Waals surface area contributed by atoms with E-state index < -0.39 is 0 Å². The maximum absolute atomic E-state index is 12.9. The van der Waals surface area contributed by atoms with Gasteiger partial charge in [-0.05, 0) is 31.0 Å². The van der Waals surface area contributed by atoms with Gasteiger partial charge in [0.05, 0.1) is 10.7 Å². The first-order chi connectivity index (χ1) is 7.65. The van der Waals surface area contributed by atoms with Gasteiger partial charge in [0.15, 0.2) is 0 Å². The van der Waals surface area contributed by atoms with Gasteiger partial charge in [-0.25, -0.2) is 9.37 Å². The molecule has 4 heteroatoms. The third kappa shape index (κ3) is 2.58. The fourth-order valence-corrected chi connectivity index (χ4v) is 2.29. The van der Waals surface area contributed by atoms with E-state index in [2.05, 4.69) is 4.98 Å². The molecule has 2 rings (SSSR count). The number of nitrogen functional groups attached to an aromatic ring is 1. The molecule has 0 spiro atoms. The van der Waals surface area contributed by atoms with Crippen molar-refractivity contribution >= 4 is 17.0 Å². The van der Waals surface area contributed by atoms with Crippen molar-refractivity contribution in [1.29, 1.82) is 0 Å². The van der Waals surface area contributed by atoms with Crippen molar-refractivity contribution in [2.45, 2.75) is 19.8 Å². The fourth-order valence-electron chi connectivity index (χ4n) is 1.52. The number of nitrogens with zero attached hydrogens (tertiary/aromatic N) is 1. The number of benzene rings is 1. The molecule has 0 aliphatic carbocycles. The van der Waals surface area contributed by atoms with Gasteiger partial charge in [0.25, 0.3) is 0 Å². The zero-order valence-electron chi connectivity index (χ0n) is 9.03. The van der Waals surface area contributed by atoms with Crippen molar-refractivity contribution in [3.8, 4) is 0 Å². The molecule has 0 aliphatic heterocycles. The van der Waals surface area contributed by atoms with Crippen molar-refractivity contribution in [3.05, 3.63) is 45.7 Å². The van der Waals surface area contributed by atoms with Crippen molar-refractivity contribution in [2.24, 2.45) is 0 Å². The Morgan fingerprint density at radius 1 is 1.38 bits per heavy atom. The summed E-state index contributed by atoms with van der Waals surface area (Å²) in [5.41, 5.74) is 7.82. The maximum Gasteiger partial charge on any atom is 0.146 e. The Morgan fingerprint density at radius 3 is 2.81 bits per heavy atom. The lowest BCUT2D eigenvalue weighted by atomic mass is 10.1. The highest BCUT2D eigenvalue weighted by Gasteiger charge is 2.02. The predicted octanol–water partition coefficient (Wildman–Crippen LogP) is 2.96. The molecule has 0 aliphatic rings. The van der Waals surface area contributed by atoms with E-state index in [1.807, 2.05) is 12.3 Å². The van der Waals surface area contributed by atoms with Crippen LogP contribution in [0.2, 0.25) is 0 Å². The number of hydrogen-bond donors (Lipinski definition) is 1. The Labute approximate surface area is 97.9 Å². The predicted molar refractivity (Wildman–Crippen MR) is 65.1 cm³/mol. The second kappa shape index (κ2) is 4.61. The van der Waals surface area contributed by atoms with Crippen molar-refractivity contribution < 1.29 is 4.39 Å². The van der Waals surface area contributed by atoms with Crippen LogP contribution in [0.1, 0.15) is 16.3 Å². The number of halogens is 1. The topological polar surface area (TPSA) is 38.9 Å². The summed E-state index contributed by atoms with van der Waals surface area (Å²) in [6, 6.07) is 4.87. The molecule has 0 atom stereocenters. The van der Waals surface area contributed by atoms with Gasteiger partial charge >= 0.3 is 0 Å². The molecule has 0 fully saturated rings. The van der Waals surface area contributed by atoms with E-state index in [4.69, 9.17) is 5.73 Å². The summed E-state index contributed by atoms with van der Waals surface area (Å²) in [6.07, 6.45) is 1.72. The van der Waals surface area contributed by atoms with E-state index in [-0.39, 0.29) is 11.5 Å². The SMILES string of the molecule is Cc1csc(CCc2ccc(F)c(N)c2)n1. The highest BCUT2D eigenvalue weighted by atomic mass is 32.1. The Balaban J connectivity index is 2.02. The van der Waals surface area contributed by atoms with Crippen LogP contribution in [0.4, 0.5) is 10.1 Å². The van der Waals surface area contributed by atoms with Crippen LogP contribution in [0.5, 0.6) is 0 Å². The quantitative estimate of drug-likeness (QED) is 0.832. The number of hydrogen-bond acceptors (Lipinski definition) is 3. The summed E-state index contributed by atoms with van der Waals surface area (Å²) in [4.78, 5) is 4.38. The number of thiazole rings is 1. The van der Waals surface area contributed by atoms with Gasteiger partial charge in [-0.1, -0.05) is 6.07 Å². The van der Waals surface area contributed by atoms with E-state index in [0.717, 1.165) is 29.1 Å². The molecule has 16 heavy (non-hydrogen) atoms. The van der Waals surface area contributed by atoms with Crippen LogP contribution in [-0.4, -0.2) is 4.98 Å². The minimum absolute atomic E-state index is 0.216. The summed E-state index contributed by atoms with van der Waals surface area (Å²) in [6.45, 7) is 1.98. The van der Waals surface area contributed by atoms with Crippen LogP contribution in [0.3, 0.4) is 0 Å². The van der Waals surface area contributed by atoms with Crippen molar-refractivity contribution in [2.75, 3.05) is 5.73 Å². The van der Waals surface area contributed by atoms with Crippen molar-refractivity contribution in [3.63, 3.8) is 0 Å². The molecule has 2 aromatic rings. The number of anilines is 1. The number of rotatable bonds is 3. The molecule has 0 radical (unpaired) electrons. The summed E-state index contributed by atoms with van der Waals surface area (Å²) in [5.74, 6) is -0.353. The number of aromatic nitrogens is 1. The Hall–Kier alpha value is -1.42. The molecule has 0 saturated heterocycles. The summed E-state index contributed by atoms with van der Waals surface area (Å²) in [5, 5.41) is 3.15. The highest BCUT2D eigenvalue weighted by Crippen LogP contribution is 2.16. The third-order valence-electron chi connectivity index (χ3n) is 2.35. The molecule has 0 unspecified atom stereocenters. The van der Waals surface area contributed by atoms with Gasteiger partial charge in [-0.15, -0.1) is 11.3 Å². The average molecular weight is 236 g/mol. The molecule has 1 aromatic heterocycles. The lowest BCUT2D eigenvalue weighted by Gasteiger charge is -2.01.